The fourth-order valence-corrected chi connectivity index (χ4v) is 4.98. The van der Waals surface area contributed by atoms with Gasteiger partial charge in [-0.2, -0.15) is 0 Å². The van der Waals surface area contributed by atoms with Crippen LogP contribution in [0.5, 0.6) is 0 Å². The SMILES string of the molecule is [B]c1cc(-c2cc(-c3ccc(C4CCOCC4)c([C@@H]4CCCN4)c3)cnc2N)cc([B])n1. The summed E-state index contributed by atoms with van der Waals surface area (Å²) in [4.78, 5) is 8.53. The van der Waals surface area contributed by atoms with E-state index in [-0.39, 0.29) is 0 Å². The van der Waals surface area contributed by atoms with Crippen LogP contribution in [0.3, 0.4) is 0 Å². The molecule has 0 aliphatic carbocycles. The van der Waals surface area contributed by atoms with Crippen LogP contribution < -0.4 is 22.2 Å². The third-order valence-electron chi connectivity index (χ3n) is 6.61. The maximum atomic E-state index is 6.22. The van der Waals surface area contributed by atoms with E-state index in [2.05, 4.69) is 39.6 Å². The minimum absolute atomic E-state index is 0.361. The van der Waals surface area contributed by atoms with Gasteiger partial charge in [-0.25, -0.2) is 4.98 Å². The van der Waals surface area contributed by atoms with Gasteiger partial charge in [0.2, 0.25) is 0 Å². The van der Waals surface area contributed by atoms with Crippen molar-refractivity contribution in [2.24, 2.45) is 0 Å². The van der Waals surface area contributed by atoms with Crippen molar-refractivity contribution in [3.8, 4) is 22.3 Å². The lowest BCUT2D eigenvalue weighted by Gasteiger charge is -2.27. The molecule has 2 aliphatic rings. The van der Waals surface area contributed by atoms with Crippen LogP contribution in [0.25, 0.3) is 22.3 Å². The summed E-state index contributed by atoms with van der Waals surface area (Å²) in [6.07, 6.45) is 6.37. The molecule has 2 saturated heterocycles. The predicted octanol–water partition coefficient (Wildman–Crippen LogP) is 2.30. The normalized spacial score (nSPS) is 19.3. The molecule has 4 radical (unpaired) electrons. The van der Waals surface area contributed by atoms with Crippen LogP contribution in [-0.4, -0.2) is 45.4 Å². The molecule has 5 nitrogen and oxygen atoms in total. The van der Waals surface area contributed by atoms with Gasteiger partial charge >= 0.3 is 0 Å². The zero-order chi connectivity index (χ0) is 22.1. The van der Waals surface area contributed by atoms with E-state index in [0.29, 0.717) is 29.0 Å². The largest absolute Gasteiger partial charge is 0.383 e. The summed E-state index contributed by atoms with van der Waals surface area (Å²) in [7, 11) is 11.8. The van der Waals surface area contributed by atoms with Crippen molar-refractivity contribution in [1.29, 1.82) is 0 Å². The smallest absolute Gasteiger partial charge is 0.141 e. The van der Waals surface area contributed by atoms with Crippen molar-refractivity contribution in [2.45, 2.75) is 37.6 Å². The molecular formula is C25H26B2N4O. The van der Waals surface area contributed by atoms with Crippen molar-refractivity contribution in [2.75, 3.05) is 25.5 Å². The Morgan fingerprint density at radius 3 is 2.41 bits per heavy atom. The van der Waals surface area contributed by atoms with Crippen molar-refractivity contribution < 1.29 is 4.74 Å². The number of anilines is 1. The number of nitrogens with zero attached hydrogens (tertiary/aromatic N) is 2. The van der Waals surface area contributed by atoms with Crippen molar-refractivity contribution in [1.82, 2.24) is 15.3 Å². The molecule has 0 unspecified atom stereocenters. The number of nitrogen functional groups attached to an aromatic ring is 1. The summed E-state index contributed by atoms with van der Waals surface area (Å²) >= 11 is 0. The molecule has 3 N–H and O–H groups in total. The second kappa shape index (κ2) is 9.08. The highest BCUT2D eigenvalue weighted by Crippen LogP contribution is 2.38. The van der Waals surface area contributed by atoms with Crippen LogP contribution in [-0.2, 0) is 4.74 Å². The lowest BCUT2D eigenvalue weighted by Crippen LogP contribution is -2.20. The summed E-state index contributed by atoms with van der Waals surface area (Å²) in [5.74, 6) is 0.994. The van der Waals surface area contributed by atoms with E-state index in [9.17, 15) is 0 Å². The maximum absolute atomic E-state index is 6.22. The average Bonchev–Trinajstić information content (AvgIpc) is 3.34. The Hall–Kier alpha value is -2.63. The Labute approximate surface area is 192 Å². The minimum Gasteiger partial charge on any atom is -0.383 e. The second-order valence-corrected chi connectivity index (χ2v) is 8.74. The van der Waals surface area contributed by atoms with E-state index in [1.165, 1.54) is 24.0 Å². The molecule has 3 aromatic rings. The maximum Gasteiger partial charge on any atom is 0.141 e. The number of ether oxygens (including phenoxy) is 1. The minimum atomic E-state index is 0.361. The van der Waals surface area contributed by atoms with E-state index < -0.39 is 0 Å². The van der Waals surface area contributed by atoms with E-state index in [4.69, 9.17) is 26.2 Å². The van der Waals surface area contributed by atoms with Gasteiger partial charge in [0, 0.05) is 36.6 Å². The van der Waals surface area contributed by atoms with Crippen molar-refractivity contribution in [3.05, 3.63) is 53.7 Å². The molecule has 1 atom stereocenters. The fourth-order valence-electron chi connectivity index (χ4n) is 4.98. The molecule has 2 fully saturated rings. The third-order valence-corrected chi connectivity index (χ3v) is 6.61. The van der Waals surface area contributed by atoms with Gasteiger partial charge in [-0.1, -0.05) is 12.1 Å². The third kappa shape index (κ3) is 4.32. The fraction of sp³-hybridized carbons (Fsp3) is 0.360. The highest BCUT2D eigenvalue weighted by Gasteiger charge is 2.25. The van der Waals surface area contributed by atoms with Crippen LogP contribution >= 0.6 is 0 Å². The quantitative estimate of drug-likeness (QED) is 0.634. The Morgan fingerprint density at radius 2 is 1.69 bits per heavy atom. The number of rotatable bonds is 4. The molecule has 0 saturated carbocycles. The number of hydrogen-bond acceptors (Lipinski definition) is 5. The number of benzene rings is 1. The molecule has 2 aromatic heterocycles. The summed E-state index contributed by atoms with van der Waals surface area (Å²) in [5, 5.41) is 3.69. The first-order valence-electron chi connectivity index (χ1n) is 11.3. The molecule has 32 heavy (non-hydrogen) atoms. The lowest BCUT2D eigenvalue weighted by molar-refractivity contribution is 0.0851. The summed E-state index contributed by atoms with van der Waals surface area (Å²) in [5.41, 5.74) is 13.6. The zero-order valence-corrected chi connectivity index (χ0v) is 18.2. The van der Waals surface area contributed by atoms with Crippen molar-refractivity contribution in [3.63, 3.8) is 0 Å². The Kier molecular flexibility index (Phi) is 6.03. The van der Waals surface area contributed by atoms with Gasteiger partial charge in [0.15, 0.2) is 0 Å². The Bertz CT molecular complexity index is 1100. The first-order valence-corrected chi connectivity index (χ1v) is 11.3. The van der Waals surface area contributed by atoms with Gasteiger partial charge in [0.1, 0.15) is 21.5 Å². The highest BCUT2D eigenvalue weighted by atomic mass is 16.5. The first kappa shape index (κ1) is 21.2. The molecule has 0 bridgehead atoms. The molecule has 0 spiro atoms. The monoisotopic (exact) mass is 420 g/mol. The molecule has 2 aliphatic heterocycles. The van der Waals surface area contributed by atoms with E-state index in [1.54, 1.807) is 12.1 Å². The summed E-state index contributed by atoms with van der Waals surface area (Å²) < 4.78 is 5.60. The van der Waals surface area contributed by atoms with Crippen molar-refractivity contribution >= 4 is 32.7 Å². The number of pyridine rings is 2. The van der Waals surface area contributed by atoms with Gasteiger partial charge in [0.05, 0.1) is 0 Å². The molecule has 5 rings (SSSR count). The van der Waals surface area contributed by atoms with E-state index in [1.807, 2.05) is 6.20 Å². The topological polar surface area (TPSA) is 73.1 Å². The lowest BCUT2D eigenvalue weighted by atomic mass is 9.84. The van der Waals surface area contributed by atoms with Gasteiger partial charge in [-0.05, 0) is 95.9 Å². The summed E-state index contributed by atoms with van der Waals surface area (Å²) in [6, 6.07) is 12.8. The van der Waals surface area contributed by atoms with Gasteiger partial charge in [-0.15, -0.1) is 0 Å². The zero-order valence-electron chi connectivity index (χ0n) is 18.2. The predicted molar refractivity (Wildman–Crippen MR) is 131 cm³/mol. The van der Waals surface area contributed by atoms with Crippen LogP contribution in [0.15, 0.2) is 42.6 Å². The molecule has 7 heteroatoms. The molecule has 1 aromatic carbocycles. The van der Waals surface area contributed by atoms with Crippen LogP contribution in [0.2, 0.25) is 0 Å². The number of nitrogens with two attached hydrogens (primary N) is 1. The average molecular weight is 420 g/mol. The highest BCUT2D eigenvalue weighted by molar-refractivity contribution is 6.35. The molecule has 0 amide bonds. The van der Waals surface area contributed by atoms with Crippen LogP contribution in [0.1, 0.15) is 48.8 Å². The van der Waals surface area contributed by atoms with Gasteiger partial charge in [0.25, 0.3) is 0 Å². The molecular weight excluding hydrogens is 394 g/mol. The number of aromatic nitrogens is 2. The molecule has 158 valence electrons. The molecule has 4 heterocycles. The standard InChI is InChI=1S/C25H26B2N4O/c26-23-12-17(13-24(27)31-23)20-11-18(14-30-25(20)28)16-3-4-19(15-5-8-32-9-6-15)21(10-16)22-2-1-7-29-22/h3-4,10-15,22,29H,1-2,5-9H2,(H2,28,30)/t22-/m0/s1. The Morgan fingerprint density at radius 1 is 0.906 bits per heavy atom. The van der Waals surface area contributed by atoms with Crippen LogP contribution in [0, 0.1) is 0 Å². The Balaban J connectivity index is 1.56. The van der Waals surface area contributed by atoms with Gasteiger partial charge in [-0.3, -0.25) is 4.98 Å². The van der Waals surface area contributed by atoms with E-state index in [0.717, 1.165) is 54.9 Å². The number of nitrogens with one attached hydrogen (secondary N) is 1. The summed E-state index contributed by atoms with van der Waals surface area (Å²) in [6.45, 7) is 2.75. The van der Waals surface area contributed by atoms with Crippen LogP contribution in [0.4, 0.5) is 5.82 Å². The number of hydrogen-bond donors (Lipinski definition) is 2. The van der Waals surface area contributed by atoms with E-state index >= 15 is 0 Å². The first-order chi connectivity index (χ1) is 15.6. The second-order valence-electron chi connectivity index (χ2n) is 8.74. The van der Waals surface area contributed by atoms with Gasteiger partial charge < -0.3 is 15.8 Å².